The van der Waals surface area contributed by atoms with Crippen molar-refractivity contribution in [2.75, 3.05) is 13.7 Å². The van der Waals surface area contributed by atoms with Crippen LogP contribution in [0.3, 0.4) is 0 Å². The summed E-state index contributed by atoms with van der Waals surface area (Å²) < 4.78 is 5.60. The van der Waals surface area contributed by atoms with Crippen LogP contribution in [-0.2, 0) is 22.4 Å². The fourth-order valence-electron chi connectivity index (χ4n) is 3.17. The first-order valence-electron chi connectivity index (χ1n) is 7.89. The highest BCUT2D eigenvalue weighted by atomic mass is 16.5. The smallest absolute Gasteiger partial charge is 0.228 e. The van der Waals surface area contributed by atoms with Crippen molar-refractivity contribution in [2.45, 2.75) is 31.4 Å². The average Bonchev–Trinajstić information content (AvgIpc) is 2.99. The van der Waals surface area contributed by atoms with Crippen molar-refractivity contribution in [1.29, 1.82) is 0 Å². The van der Waals surface area contributed by atoms with Gasteiger partial charge < -0.3 is 9.64 Å². The Kier molecular flexibility index (Phi) is 4.98. The van der Waals surface area contributed by atoms with Crippen LogP contribution in [0.4, 0.5) is 0 Å². The maximum Gasteiger partial charge on any atom is 0.228 e. The third-order valence-corrected chi connectivity index (χ3v) is 4.33. The Bertz CT molecular complexity index is 633. The fraction of sp³-hybridized carbons (Fsp3) is 0.389. The minimum absolute atomic E-state index is 0.0559. The number of carbonyl (C=O) groups excluding carboxylic acids is 1. The van der Waals surface area contributed by atoms with Crippen molar-refractivity contribution in [3.8, 4) is 0 Å². The third-order valence-electron chi connectivity index (χ3n) is 4.33. The van der Waals surface area contributed by atoms with Gasteiger partial charge in [-0.25, -0.2) is 0 Å². The number of amides is 1. The molecule has 5 nitrogen and oxygen atoms in total. The second kappa shape index (κ2) is 7.33. The number of ether oxygens (including phenoxy) is 1. The lowest BCUT2D eigenvalue weighted by Crippen LogP contribution is -2.42. The number of methoxy groups -OCH3 is 1. The standard InChI is InChI=1S/C18H21N3O2/c1-23-17-7-10-21(16(17)11-14-5-4-8-19-13-14)18(22)12-15-6-2-3-9-20-15/h2-6,8-9,13,16-17H,7,10-12H2,1H3/t16-,17-/m0/s1. The highest BCUT2D eigenvalue weighted by Crippen LogP contribution is 2.24. The van der Waals surface area contributed by atoms with Gasteiger partial charge in [-0.05, 0) is 36.6 Å². The number of rotatable bonds is 5. The Morgan fingerprint density at radius 2 is 2.22 bits per heavy atom. The summed E-state index contributed by atoms with van der Waals surface area (Å²) in [5.41, 5.74) is 1.93. The largest absolute Gasteiger partial charge is 0.379 e. The molecule has 2 aromatic heterocycles. The first kappa shape index (κ1) is 15.6. The van der Waals surface area contributed by atoms with Gasteiger partial charge in [-0.3, -0.25) is 14.8 Å². The van der Waals surface area contributed by atoms with E-state index in [0.29, 0.717) is 6.42 Å². The van der Waals surface area contributed by atoms with E-state index in [2.05, 4.69) is 9.97 Å². The maximum atomic E-state index is 12.7. The van der Waals surface area contributed by atoms with E-state index in [0.717, 1.165) is 30.6 Å². The Balaban J connectivity index is 1.72. The molecular formula is C18H21N3O2. The predicted octanol–water partition coefficient (Wildman–Crippen LogP) is 1.88. The molecule has 2 atom stereocenters. The summed E-state index contributed by atoms with van der Waals surface area (Å²) in [6, 6.07) is 9.67. The molecule has 1 aliphatic heterocycles. The lowest BCUT2D eigenvalue weighted by molar-refractivity contribution is -0.132. The molecule has 1 fully saturated rings. The third kappa shape index (κ3) is 3.74. The lowest BCUT2D eigenvalue weighted by atomic mass is 10.0. The number of pyridine rings is 2. The van der Waals surface area contributed by atoms with E-state index in [9.17, 15) is 4.79 Å². The number of hydrogen-bond donors (Lipinski definition) is 0. The maximum absolute atomic E-state index is 12.7. The summed E-state index contributed by atoms with van der Waals surface area (Å²) in [4.78, 5) is 23.0. The molecule has 1 saturated heterocycles. The minimum atomic E-state index is 0.0559. The van der Waals surface area contributed by atoms with Crippen LogP contribution in [0.15, 0.2) is 48.9 Å². The molecule has 0 N–H and O–H groups in total. The summed E-state index contributed by atoms with van der Waals surface area (Å²) >= 11 is 0. The predicted molar refractivity (Wildman–Crippen MR) is 86.8 cm³/mol. The Morgan fingerprint density at radius 3 is 2.91 bits per heavy atom. The summed E-state index contributed by atoms with van der Waals surface area (Å²) in [6.45, 7) is 0.731. The molecule has 1 amide bonds. The molecule has 120 valence electrons. The first-order valence-corrected chi connectivity index (χ1v) is 7.89. The number of carbonyl (C=O) groups is 1. The zero-order valence-corrected chi connectivity index (χ0v) is 13.3. The topological polar surface area (TPSA) is 55.3 Å². The molecule has 0 bridgehead atoms. The van der Waals surface area contributed by atoms with Gasteiger partial charge in [0.2, 0.25) is 5.91 Å². The van der Waals surface area contributed by atoms with Crippen molar-refractivity contribution in [3.63, 3.8) is 0 Å². The summed E-state index contributed by atoms with van der Waals surface area (Å²) in [5, 5.41) is 0. The van der Waals surface area contributed by atoms with E-state index in [4.69, 9.17) is 4.74 Å². The highest BCUT2D eigenvalue weighted by molar-refractivity contribution is 5.79. The highest BCUT2D eigenvalue weighted by Gasteiger charge is 2.37. The van der Waals surface area contributed by atoms with Crippen LogP contribution in [-0.4, -0.2) is 46.6 Å². The van der Waals surface area contributed by atoms with Gasteiger partial charge >= 0.3 is 0 Å². The van der Waals surface area contributed by atoms with Crippen LogP contribution in [0.1, 0.15) is 17.7 Å². The Hall–Kier alpha value is -2.27. The molecule has 23 heavy (non-hydrogen) atoms. The zero-order valence-electron chi connectivity index (χ0n) is 13.3. The molecule has 0 aromatic carbocycles. The van der Waals surface area contributed by atoms with E-state index in [1.54, 1.807) is 19.5 Å². The van der Waals surface area contributed by atoms with Gasteiger partial charge in [-0.15, -0.1) is 0 Å². The lowest BCUT2D eigenvalue weighted by Gasteiger charge is -2.27. The molecule has 0 unspecified atom stereocenters. The van der Waals surface area contributed by atoms with E-state index in [1.807, 2.05) is 41.4 Å². The number of likely N-dealkylation sites (tertiary alicyclic amines) is 1. The molecule has 3 rings (SSSR count). The van der Waals surface area contributed by atoms with Gasteiger partial charge in [-0.2, -0.15) is 0 Å². The molecule has 5 heteroatoms. The van der Waals surface area contributed by atoms with Crippen LogP contribution in [0.25, 0.3) is 0 Å². The number of hydrogen-bond acceptors (Lipinski definition) is 4. The summed E-state index contributed by atoms with van der Waals surface area (Å²) in [5.74, 6) is 0.108. The van der Waals surface area contributed by atoms with Gasteiger partial charge in [0, 0.05) is 37.9 Å². The van der Waals surface area contributed by atoms with Gasteiger partial charge in [0.05, 0.1) is 18.6 Å². The fourth-order valence-corrected chi connectivity index (χ4v) is 3.17. The minimum Gasteiger partial charge on any atom is -0.379 e. The molecular weight excluding hydrogens is 290 g/mol. The van der Waals surface area contributed by atoms with Crippen LogP contribution in [0.5, 0.6) is 0 Å². The van der Waals surface area contributed by atoms with Crippen molar-refractivity contribution in [1.82, 2.24) is 14.9 Å². The normalized spacial score (nSPS) is 20.7. The molecule has 1 aliphatic rings. The van der Waals surface area contributed by atoms with Crippen molar-refractivity contribution in [2.24, 2.45) is 0 Å². The average molecular weight is 311 g/mol. The van der Waals surface area contributed by atoms with Crippen molar-refractivity contribution in [3.05, 3.63) is 60.2 Å². The van der Waals surface area contributed by atoms with Crippen LogP contribution < -0.4 is 0 Å². The van der Waals surface area contributed by atoms with E-state index in [-0.39, 0.29) is 18.1 Å². The SMILES string of the molecule is CO[C@H]1CCN(C(=O)Cc2ccccn2)[C@H]1Cc1cccnc1. The molecule has 0 aliphatic carbocycles. The molecule has 3 heterocycles. The zero-order chi connectivity index (χ0) is 16.1. The monoisotopic (exact) mass is 311 g/mol. The van der Waals surface area contributed by atoms with Gasteiger partial charge in [0.1, 0.15) is 0 Å². The summed E-state index contributed by atoms with van der Waals surface area (Å²) in [6.07, 6.45) is 7.37. The number of nitrogens with zero attached hydrogens (tertiary/aromatic N) is 3. The number of aromatic nitrogens is 2. The van der Waals surface area contributed by atoms with E-state index in [1.165, 1.54) is 0 Å². The second-order valence-corrected chi connectivity index (χ2v) is 5.78. The van der Waals surface area contributed by atoms with Crippen molar-refractivity contribution < 1.29 is 9.53 Å². The van der Waals surface area contributed by atoms with Crippen LogP contribution >= 0.6 is 0 Å². The molecule has 0 saturated carbocycles. The Labute approximate surface area is 136 Å². The quantitative estimate of drug-likeness (QED) is 0.846. The molecule has 0 spiro atoms. The van der Waals surface area contributed by atoms with Crippen molar-refractivity contribution >= 4 is 5.91 Å². The first-order chi connectivity index (χ1) is 11.3. The van der Waals surface area contributed by atoms with Gasteiger partial charge in [0.25, 0.3) is 0 Å². The van der Waals surface area contributed by atoms with Crippen LogP contribution in [0.2, 0.25) is 0 Å². The Morgan fingerprint density at radius 1 is 1.30 bits per heavy atom. The van der Waals surface area contributed by atoms with E-state index >= 15 is 0 Å². The van der Waals surface area contributed by atoms with Gasteiger partial charge in [0.15, 0.2) is 0 Å². The molecule has 2 aromatic rings. The van der Waals surface area contributed by atoms with E-state index < -0.39 is 0 Å². The van der Waals surface area contributed by atoms with Crippen LogP contribution in [0, 0.1) is 0 Å². The molecule has 0 radical (unpaired) electrons. The summed E-state index contributed by atoms with van der Waals surface area (Å²) in [7, 11) is 1.72. The second-order valence-electron chi connectivity index (χ2n) is 5.78. The van der Waals surface area contributed by atoms with Gasteiger partial charge in [-0.1, -0.05) is 12.1 Å².